The first-order valence-corrected chi connectivity index (χ1v) is 6.22. The second kappa shape index (κ2) is 14.8. The highest BCUT2D eigenvalue weighted by molar-refractivity contribution is 4.43. The average Bonchev–Trinajstić information content (AvgIpc) is 2.92. The van der Waals surface area contributed by atoms with Crippen molar-refractivity contribution in [3.8, 4) is 0 Å². The fourth-order valence-electron chi connectivity index (χ4n) is 1.15. The van der Waals surface area contributed by atoms with Gasteiger partial charge in [-0.15, -0.1) is 0 Å². The molecule has 0 aromatic rings. The van der Waals surface area contributed by atoms with Crippen LogP contribution in [0.5, 0.6) is 0 Å². The van der Waals surface area contributed by atoms with Gasteiger partial charge in [0.25, 0.3) is 0 Å². The lowest BCUT2D eigenvalue weighted by Gasteiger charge is -2.09. The molecule has 16 heavy (non-hydrogen) atoms. The van der Waals surface area contributed by atoms with Crippen molar-refractivity contribution in [3.63, 3.8) is 0 Å². The molecule has 2 heterocycles. The third kappa shape index (κ3) is 13.8. The molecule has 0 aromatic carbocycles. The summed E-state index contributed by atoms with van der Waals surface area (Å²) in [6, 6.07) is 0. The summed E-state index contributed by atoms with van der Waals surface area (Å²) in [6.07, 6.45) is 2.56. The largest absolute Gasteiger partial charge is 0.382 e. The summed E-state index contributed by atoms with van der Waals surface area (Å²) < 4.78 is 19.7. The first kappa shape index (κ1) is 15.8. The van der Waals surface area contributed by atoms with Crippen molar-refractivity contribution in [3.05, 3.63) is 0 Å². The van der Waals surface area contributed by atoms with Crippen LogP contribution in [0.25, 0.3) is 0 Å². The van der Waals surface area contributed by atoms with Gasteiger partial charge in [-0.3, -0.25) is 0 Å². The van der Waals surface area contributed by atoms with Crippen LogP contribution in [0.15, 0.2) is 0 Å². The highest BCUT2D eigenvalue weighted by Gasteiger charge is 1.95. The minimum atomic E-state index is 0.778. The summed E-state index contributed by atoms with van der Waals surface area (Å²) >= 11 is 0. The van der Waals surface area contributed by atoms with Crippen LogP contribution in [-0.2, 0) is 18.9 Å². The van der Waals surface area contributed by atoms with Crippen LogP contribution in [0, 0.1) is 0 Å². The predicted molar refractivity (Wildman–Crippen MR) is 63.9 cm³/mol. The van der Waals surface area contributed by atoms with E-state index < -0.39 is 0 Å². The fraction of sp³-hybridized carbons (Fsp3) is 1.00. The first-order valence-electron chi connectivity index (χ1n) is 6.22. The van der Waals surface area contributed by atoms with E-state index in [0.717, 1.165) is 52.9 Å². The molecule has 0 saturated carbocycles. The number of hydrogen-bond donors (Lipinski definition) is 0. The Hall–Kier alpha value is -0.160. The van der Waals surface area contributed by atoms with E-state index in [9.17, 15) is 0 Å². The van der Waals surface area contributed by atoms with Gasteiger partial charge in [0.15, 0.2) is 0 Å². The monoisotopic (exact) mass is 234 g/mol. The van der Waals surface area contributed by atoms with Crippen LogP contribution in [0.2, 0.25) is 0 Å². The zero-order valence-electron chi connectivity index (χ0n) is 10.7. The van der Waals surface area contributed by atoms with Gasteiger partial charge >= 0.3 is 0 Å². The highest BCUT2D eigenvalue weighted by atomic mass is 16.6. The molecule has 0 N–H and O–H groups in total. The molecule has 0 radical (unpaired) electrons. The van der Waals surface area contributed by atoms with Gasteiger partial charge in [0.2, 0.25) is 0 Å². The fourth-order valence-corrected chi connectivity index (χ4v) is 1.15. The minimum absolute atomic E-state index is 0.778. The Morgan fingerprint density at radius 2 is 1.06 bits per heavy atom. The highest BCUT2D eigenvalue weighted by Crippen LogP contribution is 1.98. The first-order chi connectivity index (χ1) is 7.91. The predicted octanol–water partition coefficient (Wildman–Crippen LogP) is 1.87. The van der Waals surface area contributed by atoms with Crippen molar-refractivity contribution in [1.82, 2.24) is 0 Å². The van der Waals surface area contributed by atoms with Gasteiger partial charge in [0.05, 0.1) is 26.4 Å². The molecule has 0 aliphatic carbocycles. The van der Waals surface area contributed by atoms with Crippen molar-refractivity contribution >= 4 is 0 Å². The molecule has 2 aliphatic heterocycles. The topological polar surface area (TPSA) is 36.9 Å². The molecule has 4 nitrogen and oxygen atoms in total. The van der Waals surface area contributed by atoms with Crippen LogP contribution in [0.4, 0.5) is 0 Å². The maximum absolute atomic E-state index is 4.94. The lowest BCUT2D eigenvalue weighted by molar-refractivity contribution is -0.0334. The second-order valence-electron chi connectivity index (χ2n) is 3.33. The van der Waals surface area contributed by atoms with E-state index in [0.29, 0.717) is 0 Å². The number of rotatable bonds is 2. The molecular weight excluding hydrogens is 208 g/mol. The van der Waals surface area contributed by atoms with Crippen LogP contribution in [0.3, 0.4) is 0 Å². The summed E-state index contributed by atoms with van der Waals surface area (Å²) in [5.41, 5.74) is 0. The molecule has 2 rings (SSSR count). The molecule has 0 amide bonds. The van der Waals surface area contributed by atoms with E-state index >= 15 is 0 Å². The molecule has 4 heteroatoms. The zero-order valence-corrected chi connectivity index (χ0v) is 10.7. The Balaban J connectivity index is 0.000000213. The Morgan fingerprint density at radius 3 is 1.19 bits per heavy atom. The van der Waals surface area contributed by atoms with Gasteiger partial charge in [0.1, 0.15) is 0 Å². The Labute approximate surface area is 99.2 Å². The summed E-state index contributed by atoms with van der Waals surface area (Å²) in [6.45, 7) is 10.8. The average molecular weight is 234 g/mol. The van der Waals surface area contributed by atoms with Gasteiger partial charge in [0, 0.05) is 26.4 Å². The van der Waals surface area contributed by atoms with Gasteiger partial charge in [-0.1, -0.05) is 0 Å². The SMILES string of the molecule is C1CCOC1.C1COCCO1.CCOCC. The van der Waals surface area contributed by atoms with Crippen molar-refractivity contribution in [1.29, 1.82) is 0 Å². The van der Waals surface area contributed by atoms with Crippen LogP contribution < -0.4 is 0 Å². The normalized spacial score (nSPS) is 19.1. The smallest absolute Gasteiger partial charge is 0.0701 e. The molecule has 0 aromatic heterocycles. The molecule has 0 atom stereocenters. The van der Waals surface area contributed by atoms with E-state index in [4.69, 9.17) is 18.9 Å². The van der Waals surface area contributed by atoms with Crippen LogP contribution >= 0.6 is 0 Å². The van der Waals surface area contributed by atoms with Crippen molar-refractivity contribution in [2.75, 3.05) is 52.9 Å². The molecule has 0 unspecified atom stereocenters. The van der Waals surface area contributed by atoms with E-state index in [-0.39, 0.29) is 0 Å². The number of ether oxygens (including phenoxy) is 4. The van der Waals surface area contributed by atoms with Gasteiger partial charge in [-0.2, -0.15) is 0 Å². The lowest BCUT2D eigenvalue weighted by Crippen LogP contribution is -2.16. The Bertz CT molecular complexity index is 90.5. The van der Waals surface area contributed by atoms with E-state index in [2.05, 4.69) is 0 Å². The lowest BCUT2D eigenvalue weighted by atomic mass is 10.4. The summed E-state index contributed by atoms with van der Waals surface area (Å²) in [5, 5.41) is 0. The van der Waals surface area contributed by atoms with Crippen LogP contribution in [-0.4, -0.2) is 52.9 Å². The van der Waals surface area contributed by atoms with Crippen LogP contribution in [0.1, 0.15) is 26.7 Å². The maximum atomic E-state index is 4.94. The standard InChI is InChI=1S/C4H8O2.C4H8O.C4H10O/c1-2-6-4-3-5-1;1-2-4-5-3-1;1-3-5-4-2/h1-4H2;1-4H2;3-4H2,1-2H3. The van der Waals surface area contributed by atoms with Gasteiger partial charge in [-0.05, 0) is 26.7 Å². The molecule has 98 valence electrons. The van der Waals surface area contributed by atoms with Crippen molar-refractivity contribution in [2.45, 2.75) is 26.7 Å². The molecular formula is C12H26O4. The Morgan fingerprint density at radius 1 is 0.688 bits per heavy atom. The molecule has 2 saturated heterocycles. The minimum Gasteiger partial charge on any atom is -0.382 e. The second-order valence-corrected chi connectivity index (χ2v) is 3.33. The van der Waals surface area contributed by atoms with E-state index in [1.54, 1.807) is 0 Å². The molecule has 2 fully saturated rings. The summed E-state index contributed by atoms with van der Waals surface area (Å²) in [4.78, 5) is 0. The van der Waals surface area contributed by atoms with Gasteiger partial charge in [-0.25, -0.2) is 0 Å². The summed E-state index contributed by atoms with van der Waals surface area (Å²) in [7, 11) is 0. The molecule has 0 bridgehead atoms. The summed E-state index contributed by atoms with van der Waals surface area (Å²) in [5.74, 6) is 0. The number of hydrogen-bond acceptors (Lipinski definition) is 4. The maximum Gasteiger partial charge on any atom is 0.0701 e. The van der Waals surface area contributed by atoms with Crippen molar-refractivity contribution in [2.24, 2.45) is 0 Å². The van der Waals surface area contributed by atoms with Crippen molar-refractivity contribution < 1.29 is 18.9 Å². The van der Waals surface area contributed by atoms with Gasteiger partial charge < -0.3 is 18.9 Å². The third-order valence-electron chi connectivity index (χ3n) is 1.98. The Kier molecular flexibility index (Phi) is 14.7. The zero-order chi connectivity index (χ0) is 11.9. The quantitative estimate of drug-likeness (QED) is 0.731. The molecule has 2 aliphatic rings. The molecule has 0 spiro atoms. The van der Waals surface area contributed by atoms with E-state index in [1.807, 2.05) is 13.8 Å². The van der Waals surface area contributed by atoms with E-state index in [1.165, 1.54) is 12.8 Å². The third-order valence-corrected chi connectivity index (χ3v) is 1.98.